The van der Waals surface area contributed by atoms with E-state index in [-0.39, 0.29) is 0 Å². The maximum absolute atomic E-state index is 11.3. The van der Waals surface area contributed by atoms with E-state index in [0.29, 0.717) is 0 Å². The van der Waals surface area contributed by atoms with Gasteiger partial charge >= 0.3 is 0 Å². The third-order valence-electron chi connectivity index (χ3n) is 1.25. The Bertz CT molecular complexity index is 556. The predicted molar refractivity (Wildman–Crippen MR) is 50.5 cm³/mol. The Morgan fingerprint density at radius 2 is 2.62 bits per heavy atom. The van der Waals surface area contributed by atoms with Crippen molar-refractivity contribution < 1.29 is 19.5 Å². The SMILES string of the molecule is [2H]c1c([2H])c(O)c([2H])c(C([2H])([2H])[C@]([2H])(N)C(C)=O)c1[2H]. The quantitative estimate of drug-likeness (QED) is 0.735. The summed E-state index contributed by atoms with van der Waals surface area (Å²) < 4.78 is 53.1. The smallest absolute Gasteiger partial charge is 0.146 e. The van der Waals surface area contributed by atoms with E-state index in [1.807, 2.05) is 0 Å². The zero-order valence-electron chi connectivity index (χ0n) is 13.9. The Hall–Kier alpha value is -1.35. The summed E-state index contributed by atoms with van der Waals surface area (Å²) in [6.45, 7) is 0.887. The van der Waals surface area contributed by atoms with E-state index in [1.165, 1.54) is 0 Å². The molecule has 1 atom stereocenters. The highest BCUT2D eigenvalue weighted by atomic mass is 16.3. The van der Waals surface area contributed by atoms with Crippen molar-refractivity contribution in [3.05, 3.63) is 29.7 Å². The zero-order chi connectivity index (χ0) is 16.0. The second kappa shape index (κ2) is 4.05. The first-order valence-electron chi connectivity index (χ1n) is 6.97. The van der Waals surface area contributed by atoms with Gasteiger partial charge in [-0.1, -0.05) is 12.1 Å². The lowest BCUT2D eigenvalue weighted by Gasteiger charge is -2.07. The molecule has 3 heteroatoms. The molecule has 3 N–H and O–H groups in total. The maximum Gasteiger partial charge on any atom is 0.146 e. The molecule has 0 bridgehead atoms. The van der Waals surface area contributed by atoms with Crippen molar-refractivity contribution in [1.29, 1.82) is 0 Å². The fraction of sp³-hybridized carbons (Fsp3) is 0.300. The fourth-order valence-electron chi connectivity index (χ4n) is 0.619. The van der Waals surface area contributed by atoms with E-state index in [1.54, 1.807) is 0 Å². The summed E-state index contributed by atoms with van der Waals surface area (Å²) >= 11 is 0. The third kappa shape index (κ3) is 2.87. The molecular weight excluding hydrogens is 166 g/mol. The molecule has 0 heterocycles. The number of carbonyl (C=O) groups is 1. The summed E-state index contributed by atoms with van der Waals surface area (Å²) in [5, 5.41) is 9.53. The summed E-state index contributed by atoms with van der Waals surface area (Å²) in [4.78, 5) is 11.3. The van der Waals surface area contributed by atoms with Crippen LogP contribution in [0.2, 0.25) is 0 Å². The van der Waals surface area contributed by atoms with E-state index in [4.69, 9.17) is 15.3 Å². The van der Waals surface area contributed by atoms with Crippen LogP contribution in [0.25, 0.3) is 0 Å². The van der Waals surface area contributed by atoms with Crippen LogP contribution in [0.1, 0.15) is 22.1 Å². The van der Waals surface area contributed by atoms with Crippen LogP contribution in [0, 0.1) is 0 Å². The van der Waals surface area contributed by atoms with Crippen molar-refractivity contribution in [3.63, 3.8) is 0 Å². The van der Waals surface area contributed by atoms with E-state index < -0.39 is 53.7 Å². The van der Waals surface area contributed by atoms with Crippen LogP contribution >= 0.6 is 0 Å². The number of phenols is 1. The topological polar surface area (TPSA) is 63.3 Å². The van der Waals surface area contributed by atoms with Crippen molar-refractivity contribution in [2.75, 3.05) is 0 Å². The minimum atomic E-state index is -2.98. The molecule has 0 saturated heterocycles. The first kappa shape index (κ1) is 3.80. The molecule has 0 unspecified atom stereocenters. The van der Waals surface area contributed by atoms with Gasteiger partial charge in [-0.05, 0) is 30.9 Å². The lowest BCUT2D eigenvalue weighted by atomic mass is 10.0. The van der Waals surface area contributed by atoms with E-state index in [9.17, 15) is 9.90 Å². The van der Waals surface area contributed by atoms with Crippen LogP contribution in [0.4, 0.5) is 0 Å². The summed E-state index contributed by atoms with van der Waals surface area (Å²) in [5.41, 5.74) is 4.47. The highest BCUT2D eigenvalue weighted by molar-refractivity contribution is 5.81. The standard InChI is InChI=1S/C10H13NO2/c1-7(12)10(11)6-8-3-2-4-9(13)5-8/h2-5,10,13H,6,11H2,1H3/t10-/m0/s1/i2D,3D,4D,5D,6D2,10D. The van der Waals surface area contributed by atoms with Crippen molar-refractivity contribution in [3.8, 4) is 5.75 Å². The molecule has 0 aromatic heterocycles. The Balaban J connectivity index is 3.76. The minimum Gasteiger partial charge on any atom is -0.508 e. The molecule has 3 nitrogen and oxygen atoms in total. The molecule has 1 aromatic rings. The van der Waals surface area contributed by atoms with Crippen molar-refractivity contribution >= 4 is 5.78 Å². The summed E-state index contributed by atoms with van der Waals surface area (Å²) in [6, 6.07) is -6.18. The molecule has 0 fully saturated rings. The number of hydrogen-bond donors (Lipinski definition) is 2. The van der Waals surface area contributed by atoms with E-state index in [0.717, 1.165) is 6.92 Å². The van der Waals surface area contributed by atoms with Gasteiger partial charge in [-0.2, -0.15) is 0 Å². The van der Waals surface area contributed by atoms with Crippen LogP contribution in [0.5, 0.6) is 5.75 Å². The van der Waals surface area contributed by atoms with Gasteiger partial charge < -0.3 is 10.8 Å². The molecule has 0 aliphatic rings. The second-order valence-electron chi connectivity index (χ2n) is 2.32. The molecular formula is C10H13NO2. The van der Waals surface area contributed by atoms with Crippen LogP contribution in [0.15, 0.2) is 24.2 Å². The van der Waals surface area contributed by atoms with E-state index in [2.05, 4.69) is 0 Å². The Morgan fingerprint density at radius 1 is 1.92 bits per heavy atom. The van der Waals surface area contributed by atoms with Crippen LogP contribution < -0.4 is 5.73 Å². The van der Waals surface area contributed by atoms with E-state index >= 15 is 0 Å². The average Bonchev–Trinajstić information content (AvgIpc) is 2.33. The zero-order valence-corrected chi connectivity index (χ0v) is 6.93. The first-order valence-corrected chi connectivity index (χ1v) is 3.47. The van der Waals surface area contributed by atoms with Gasteiger partial charge in [0.15, 0.2) is 0 Å². The van der Waals surface area contributed by atoms with Crippen molar-refractivity contribution in [2.24, 2.45) is 5.73 Å². The molecule has 70 valence electrons. The van der Waals surface area contributed by atoms with Crippen LogP contribution in [-0.4, -0.2) is 16.9 Å². The van der Waals surface area contributed by atoms with Crippen molar-refractivity contribution in [1.82, 2.24) is 0 Å². The number of carbonyl (C=O) groups excluding carboxylic acids is 1. The molecule has 0 aliphatic heterocycles. The molecule has 0 aliphatic carbocycles. The number of rotatable bonds is 3. The normalized spacial score (nSPS) is 23.7. The second-order valence-corrected chi connectivity index (χ2v) is 2.32. The summed E-state index contributed by atoms with van der Waals surface area (Å²) in [5.74, 6) is -2.04. The molecule has 13 heavy (non-hydrogen) atoms. The number of Topliss-reactive ketones (excluding diaryl/α,β-unsaturated/α-hetero) is 1. The summed E-state index contributed by atoms with van der Waals surface area (Å²) in [6.07, 6.45) is -2.98. The molecule has 0 spiro atoms. The van der Waals surface area contributed by atoms with Gasteiger partial charge in [-0.3, -0.25) is 4.79 Å². The highest BCUT2D eigenvalue weighted by Crippen LogP contribution is 2.12. The number of aromatic hydroxyl groups is 1. The lowest BCUT2D eigenvalue weighted by Crippen LogP contribution is -2.30. The Kier molecular flexibility index (Phi) is 1.18. The Morgan fingerprint density at radius 3 is 3.23 bits per heavy atom. The molecule has 0 amide bonds. The van der Waals surface area contributed by atoms with Gasteiger partial charge in [0, 0.05) is 2.74 Å². The van der Waals surface area contributed by atoms with Gasteiger partial charge in [0.25, 0.3) is 0 Å². The molecule has 1 aromatic carbocycles. The van der Waals surface area contributed by atoms with Crippen molar-refractivity contribution in [2.45, 2.75) is 19.3 Å². The first-order chi connectivity index (χ1) is 8.87. The third-order valence-corrected chi connectivity index (χ3v) is 1.25. The molecule has 1 rings (SSSR count). The minimum absolute atomic E-state index is 0.796. The monoisotopic (exact) mass is 186 g/mol. The van der Waals surface area contributed by atoms with Crippen LogP contribution in [-0.2, 0) is 11.2 Å². The van der Waals surface area contributed by atoms with Crippen LogP contribution in [0.3, 0.4) is 0 Å². The van der Waals surface area contributed by atoms with Gasteiger partial charge in [0.2, 0.25) is 0 Å². The lowest BCUT2D eigenvalue weighted by molar-refractivity contribution is -0.118. The predicted octanol–water partition coefficient (Wildman–Crippen LogP) is 0.851. The maximum atomic E-state index is 11.3. The molecule has 0 saturated carbocycles. The number of benzene rings is 1. The largest absolute Gasteiger partial charge is 0.508 e. The van der Waals surface area contributed by atoms with Gasteiger partial charge in [-0.25, -0.2) is 0 Å². The summed E-state index contributed by atoms with van der Waals surface area (Å²) in [7, 11) is 0. The van der Waals surface area contributed by atoms with Gasteiger partial charge in [-0.15, -0.1) is 0 Å². The average molecular weight is 186 g/mol. The Labute approximate surface area is 87.0 Å². The number of phenolic OH excluding ortho intramolecular Hbond substituents is 1. The van der Waals surface area contributed by atoms with Gasteiger partial charge in [0.1, 0.15) is 11.5 Å². The van der Waals surface area contributed by atoms with Gasteiger partial charge in [0.05, 0.1) is 12.9 Å². The highest BCUT2D eigenvalue weighted by Gasteiger charge is 2.08. The number of ketones is 1. The fourth-order valence-corrected chi connectivity index (χ4v) is 0.619. The number of nitrogens with two attached hydrogens (primary N) is 1. The molecule has 0 radical (unpaired) electrons. The number of hydrogen-bond acceptors (Lipinski definition) is 3.